The molecule has 0 fully saturated rings. The van der Waals surface area contributed by atoms with Crippen LogP contribution in [0.4, 0.5) is 0 Å². The van der Waals surface area contributed by atoms with Crippen LogP contribution in [0.15, 0.2) is 58.2 Å². The van der Waals surface area contributed by atoms with Crippen molar-refractivity contribution in [3.8, 4) is 5.75 Å². The maximum absolute atomic E-state index is 13.3. The van der Waals surface area contributed by atoms with Gasteiger partial charge in [-0.15, -0.1) is 0 Å². The number of aliphatic hydroxyl groups excluding tert-OH is 1. The zero-order valence-corrected chi connectivity index (χ0v) is 19.2. The van der Waals surface area contributed by atoms with E-state index in [9.17, 15) is 23.1 Å². The lowest BCUT2D eigenvalue weighted by molar-refractivity contribution is 0.0526. The first kappa shape index (κ1) is 24.4. The average Bonchev–Trinajstić information content (AvgIpc) is 2.81. The molecule has 0 aliphatic carbocycles. The standard InChI is InChI=1S/C23H26N2O7S/c1-3-32-23(28)16-5-8-20(9-6-16)33(29,30)25(11-4-12-26)15-18-13-17-14-19(31-2)7-10-21(17)24-22(18)27/h5-10,13-14,26H,3-4,11-12,15H2,1-2H3,(H,24,27). The third-order valence-corrected chi connectivity index (χ3v) is 6.90. The Kier molecular flexibility index (Phi) is 7.85. The molecule has 0 aliphatic rings. The van der Waals surface area contributed by atoms with Crippen molar-refractivity contribution in [3.63, 3.8) is 0 Å². The fraction of sp³-hybridized carbons (Fsp3) is 0.304. The lowest BCUT2D eigenvalue weighted by Gasteiger charge is -2.22. The number of sulfonamides is 1. The first-order chi connectivity index (χ1) is 15.8. The van der Waals surface area contributed by atoms with E-state index in [4.69, 9.17) is 9.47 Å². The number of benzene rings is 2. The predicted octanol–water partition coefficient (Wildman–Crippen LogP) is 2.29. The van der Waals surface area contributed by atoms with Crippen molar-refractivity contribution in [2.45, 2.75) is 24.8 Å². The molecule has 33 heavy (non-hydrogen) atoms. The van der Waals surface area contributed by atoms with E-state index in [1.54, 1.807) is 31.2 Å². The first-order valence-corrected chi connectivity index (χ1v) is 11.8. The summed E-state index contributed by atoms with van der Waals surface area (Å²) in [6.45, 7) is 1.50. The summed E-state index contributed by atoms with van der Waals surface area (Å²) in [6.07, 6.45) is 0.194. The van der Waals surface area contributed by atoms with Gasteiger partial charge in [0.05, 0.1) is 24.2 Å². The first-order valence-electron chi connectivity index (χ1n) is 10.4. The minimum absolute atomic E-state index is 0.00799. The monoisotopic (exact) mass is 474 g/mol. The van der Waals surface area contributed by atoms with Gasteiger partial charge in [-0.25, -0.2) is 13.2 Å². The second-order valence-electron chi connectivity index (χ2n) is 7.24. The fourth-order valence-corrected chi connectivity index (χ4v) is 4.78. The number of rotatable bonds is 10. The maximum atomic E-state index is 13.3. The van der Waals surface area contributed by atoms with E-state index < -0.39 is 21.6 Å². The molecule has 176 valence electrons. The number of ether oxygens (including phenoxy) is 2. The number of aromatic amines is 1. The number of hydrogen-bond donors (Lipinski definition) is 2. The Morgan fingerprint density at radius 2 is 1.85 bits per heavy atom. The van der Waals surface area contributed by atoms with E-state index >= 15 is 0 Å². The molecule has 9 nitrogen and oxygen atoms in total. The molecule has 0 spiro atoms. The molecular formula is C23H26N2O7S. The van der Waals surface area contributed by atoms with E-state index in [1.807, 2.05) is 0 Å². The molecule has 3 aromatic rings. The Balaban J connectivity index is 1.95. The topological polar surface area (TPSA) is 126 Å². The second kappa shape index (κ2) is 10.6. The van der Waals surface area contributed by atoms with Crippen molar-refractivity contribution < 1.29 is 27.8 Å². The number of aliphatic hydroxyl groups is 1. The Bertz CT molecular complexity index is 1280. The molecule has 0 bridgehead atoms. The van der Waals surface area contributed by atoms with Gasteiger partial charge in [-0.2, -0.15) is 4.31 Å². The molecule has 10 heteroatoms. The van der Waals surface area contributed by atoms with Gasteiger partial charge in [-0.1, -0.05) is 0 Å². The van der Waals surface area contributed by atoms with Gasteiger partial charge >= 0.3 is 5.97 Å². The highest BCUT2D eigenvalue weighted by Crippen LogP contribution is 2.22. The molecule has 0 atom stereocenters. The van der Waals surface area contributed by atoms with Crippen LogP contribution in [0, 0.1) is 0 Å². The van der Waals surface area contributed by atoms with Crippen LogP contribution in [0.2, 0.25) is 0 Å². The summed E-state index contributed by atoms with van der Waals surface area (Å²) < 4.78 is 37.9. The van der Waals surface area contributed by atoms with Gasteiger partial charge in [0, 0.05) is 36.2 Å². The zero-order chi connectivity index (χ0) is 24.0. The molecule has 0 unspecified atom stereocenters. The fourth-order valence-electron chi connectivity index (χ4n) is 3.32. The van der Waals surface area contributed by atoms with E-state index in [0.29, 0.717) is 16.7 Å². The van der Waals surface area contributed by atoms with E-state index in [0.717, 1.165) is 4.31 Å². The van der Waals surface area contributed by atoms with Crippen LogP contribution in [0.3, 0.4) is 0 Å². The Hall–Kier alpha value is -3.21. The van der Waals surface area contributed by atoms with Crippen LogP contribution < -0.4 is 10.3 Å². The highest BCUT2D eigenvalue weighted by atomic mass is 32.2. The number of pyridine rings is 1. The van der Waals surface area contributed by atoms with Crippen LogP contribution >= 0.6 is 0 Å². The number of carbonyl (C=O) groups excluding carboxylic acids is 1. The molecule has 1 heterocycles. The minimum Gasteiger partial charge on any atom is -0.497 e. The lowest BCUT2D eigenvalue weighted by atomic mass is 10.1. The molecule has 1 aromatic heterocycles. The average molecular weight is 475 g/mol. The summed E-state index contributed by atoms with van der Waals surface area (Å²) in [6, 6.07) is 12.2. The van der Waals surface area contributed by atoms with Gasteiger partial charge < -0.3 is 19.6 Å². The normalized spacial score (nSPS) is 11.6. The van der Waals surface area contributed by atoms with Crippen molar-refractivity contribution in [2.75, 3.05) is 26.9 Å². The number of hydrogen-bond acceptors (Lipinski definition) is 7. The molecule has 0 saturated heterocycles. The summed E-state index contributed by atoms with van der Waals surface area (Å²) in [5, 5.41) is 9.96. The number of H-pyrrole nitrogens is 1. The van der Waals surface area contributed by atoms with E-state index in [2.05, 4.69) is 4.98 Å². The number of fused-ring (bicyclic) bond motifs is 1. The van der Waals surface area contributed by atoms with E-state index in [1.165, 1.54) is 31.4 Å². The maximum Gasteiger partial charge on any atom is 0.338 e. The Morgan fingerprint density at radius 3 is 2.48 bits per heavy atom. The van der Waals surface area contributed by atoms with Gasteiger partial charge in [-0.05, 0) is 61.9 Å². The molecule has 2 N–H and O–H groups in total. The van der Waals surface area contributed by atoms with Crippen LogP contribution in [0.5, 0.6) is 5.75 Å². The Labute approximate surface area is 191 Å². The summed E-state index contributed by atoms with van der Waals surface area (Å²) in [5.41, 5.74) is 0.677. The number of esters is 1. The third kappa shape index (κ3) is 5.59. The molecule has 0 amide bonds. The number of methoxy groups -OCH3 is 1. The summed E-state index contributed by atoms with van der Waals surface area (Å²) in [5.74, 6) is 0.0589. The molecule has 2 aromatic carbocycles. The zero-order valence-electron chi connectivity index (χ0n) is 18.4. The summed E-state index contributed by atoms with van der Waals surface area (Å²) >= 11 is 0. The smallest absolute Gasteiger partial charge is 0.338 e. The number of aromatic nitrogens is 1. The van der Waals surface area contributed by atoms with Crippen LogP contribution in [0.1, 0.15) is 29.3 Å². The van der Waals surface area contributed by atoms with Gasteiger partial charge in [0.25, 0.3) is 5.56 Å². The van der Waals surface area contributed by atoms with Gasteiger partial charge in [0.15, 0.2) is 0 Å². The van der Waals surface area contributed by atoms with Gasteiger partial charge in [0.1, 0.15) is 5.75 Å². The van der Waals surface area contributed by atoms with Crippen molar-refractivity contribution in [1.82, 2.24) is 9.29 Å². The highest BCUT2D eigenvalue weighted by Gasteiger charge is 2.26. The van der Waals surface area contributed by atoms with Crippen molar-refractivity contribution in [1.29, 1.82) is 0 Å². The van der Waals surface area contributed by atoms with Crippen LogP contribution in [0.25, 0.3) is 10.9 Å². The van der Waals surface area contributed by atoms with Crippen molar-refractivity contribution in [2.24, 2.45) is 0 Å². The quantitative estimate of drug-likeness (QED) is 0.432. The summed E-state index contributed by atoms with van der Waals surface area (Å²) in [4.78, 5) is 27.2. The lowest BCUT2D eigenvalue weighted by Crippen LogP contribution is -2.34. The number of nitrogens with one attached hydrogen (secondary N) is 1. The van der Waals surface area contributed by atoms with Crippen molar-refractivity contribution in [3.05, 3.63) is 70.0 Å². The highest BCUT2D eigenvalue weighted by molar-refractivity contribution is 7.89. The SMILES string of the molecule is CCOC(=O)c1ccc(S(=O)(=O)N(CCCO)Cc2cc3cc(OC)ccc3[nH]c2=O)cc1. The van der Waals surface area contributed by atoms with Crippen LogP contribution in [-0.2, 0) is 21.3 Å². The van der Waals surface area contributed by atoms with Gasteiger partial charge in [-0.3, -0.25) is 4.79 Å². The molecule has 0 saturated carbocycles. The molecule has 0 aliphatic heterocycles. The Morgan fingerprint density at radius 1 is 1.12 bits per heavy atom. The molecular weight excluding hydrogens is 448 g/mol. The number of nitrogens with zero attached hydrogens (tertiary/aromatic N) is 1. The van der Waals surface area contributed by atoms with Crippen LogP contribution in [-0.4, -0.2) is 55.7 Å². The van der Waals surface area contributed by atoms with Crippen molar-refractivity contribution >= 4 is 26.9 Å². The summed E-state index contributed by atoms with van der Waals surface area (Å²) in [7, 11) is -2.48. The predicted molar refractivity (Wildman–Crippen MR) is 123 cm³/mol. The number of carbonyl (C=O) groups is 1. The van der Waals surface area contributed by atoms with E-state index in [-0.39, 0.29) is 48.7 Å². The molecule has 3 rings (SSSR count). The largest absolute Gasteiger partial charge is 0.497 e. The third-order valence-electron chi connectivity index (χ3n) is 5.04. The second-order valence-corrected chi connectivity index (χ2v) is 9.18. The minimum atomic E-state index is -4.02. The van der Waals surface area contributed by atoms with Gasteiger partial charge in [0.2, 0.25) is 10.0 Å². The molecule has 0 radical (unpaired) electrons.